The average molecular weight is 306 g/mol. The Bertz CT molecular complexity index is 384. The summed E-state index contributed by atoms with van der Waals surface area (Å²) in [6.07, 6.45) is 7.46. The SMILES string of the molecule is CC(=O)CCCN1CCC(N2CC3(CC(C(C)C)C3)C2)CC1. The standard InChI is InChI=1S/C19H34N2O/c1-15(2)17-11-19(12-17)13-21(14-19)18-6-9-20(10-7-18)8-4-5-16(3)22/h15,17-18H,4-14H2,1-3H3. The molecule has 0 aromatic carbocycles. The number of carbonyl (C=O) groups excluding carboxylic acids is 1. The van der Waals surface area contributed by atoms with Gasteiger partial charge in [0.05, 0.1) is 0 Å². The summed E-state index contributed by atoms with van der Waals surface area (Å²) in [5.74, 6) is 2.23. The molecule has 0 bridgehead atoms. The van der Waals surface area contributed by atoms with Crippen molar-refractivity contribution in [1.82, 2.24) is 9.80 Å². The molecule has 3 rings (SSSR count). The maximum atomic E-state index is 11.0. The number of piperidine rings is 1. The third-order valence-corrected chi connectivity index (χ3v) is 6.49. The number of carbonyl (C=O) groups is 1. The van der Waals surface area contributed by atoms with E-state index in [0.717, 1.165) is 42.7 Å². The van der Waals surface area contributed by atoms with E-state index in [9.17, 15) is 4.79 Å². The minimum atomic E-state index is 0.334. The van der Waals surface area contributed by atoms with Gasteiger partial charge in [0.1, 0.15) is 5.78 Å². The van der Waals surface area contributed by atoms with Gasteiger partial charge in [-0.1, -0.05) is 13.8 Å². The largest absolute Gasteiger partial charge is 0.303 e. The van der Waals surface area contributed by atoms with Gasteiger partial charge in [-0.2, -0.15) is 0 Å². The van der Waals surface area contributed by atoms with Crippen LogP contribution < -0.4 is 0 Å². The van der Waals surface area contributed by atoms with Crippen molar-refractivity contribution in [2.75, 3.05) is 32.7 Å². The van der Waals surface area contributed by atoms with Crippen LogP contribution in [0.5, 0.6) is 0 Å². The zero-order valence-electron chi connectivity index (χ0n) is 14.8. The Morgan fingerprint density at radius 3 is 2.36 bits per heavy atom. The summed E-state index contributed by atoms with van der Waals surface area (Å²) in [7, 11) is 0. The molecule has 126 valence electrons. The summed E-state index contributed by atoms with van der Waals surface area (Å²) in [5.41, 5.74) is 0.730. The Balaban J connectivity index is 1.32. The topological polar surface area (TPSA) is 23.6 Å². The normalized spacial score (nSPS) is 27.1. The lowest BCUT2D eigenvalue weighted by Crippen LogP contribution is -2.66. The molecule has 2 saturated heterocycles. The highest BCUT2D eigenvalue weighted by Crippen LogP contribution is 2.55. The van der Waals surface area contributed by atoms with Crippen molar-refractivity contribution in [1.29, 1.82) is 0 Å². The van der Waals surface area contributed by atoms with Crippen LogP contribution in [0.2, 0.25) is 0 Å². The van der Waals surface area contributed by atoms with Crippen molar-refractivity contribution in [3.05, 3.63) is 0 Å². The van der Waals surface area contributed by atoms with Crippen LogP contribution in [0.3, 0.4) is 0 Å². The first kappa shape index (κ1) is 16.4. The molecule has 22 heavy (non-hydrogen) atoms. The third kappa shape index (κ3) is 3.56. The van der Waals surface area contributed by atoms with Crippen molar-refractivity contribution in [3.63, 3.8) is 0 Å². The van der Waals surface area contributed by atoms with Crippen LogP contribution in [0, 0.1) is 17.3 Å². The van der Waals surface area contributed by atoms with Crippen LogP contribution in [-0.4, -0.2) is 54.3 Å². The quantitative estimate of drug-likeness (QED) is 0.753. The van der Waals surface area contributed by atoms with Gasteiger partial charge in [0.25, 0.3) is 0 Å². The van der Waals surface area contributed by atoms with Gasteiger partial charge in [-0.25, -0.2) is 0 Å². The minimum Gasteiger partial charge on any atom is -0.303 e. The molecule has 0 N–H and O–H groups in total. The van der Waals surface area contributed by atoms with Crippen molar-refractivity contribution in [3.8, 4) is 0 Å². The summed E-state index contributed by atoms with van der Waals surface area (Å²) in [5, 5.41) is 0. The van der Waals surface area contributed by atoms with Gasteiger partial charge in [0.15, 0.2) is 0 Å². The van der Waals surface area contributed by atoms with E-state index < -0.39 is 0 Å². The van der Waals surface area contributed by atoms with E-state index in [1.54, 1.807) is 6.92 Å². The van der Waals surface area contributed by atoms with Crippen LogP contribution in [0.25, 0.3) is 0 Å². The molecule has 0 aromatic heterocycles. The van der Waals surface area contributed by atoms with Gasteiger partial charge >= 0.3 is 0 Å². The van der Waals surface area contributed by atoms with Gasteiger partial charge < -0.3 is 9.69 Å². The Kier molecular flexibility index (Phi) is 4.94. The number of hydrogen-bond donors (Lipinski definition) is 0. The predicted octanol–water partition coefficient (Wildman–Crippen LogP) is 3.19. The van der Waals surface area contributed by atoms with E-state index >= 15 is 0 Å². The Morgan fingerprint density at radius 2 is 1.82 bits per heavy atom. The van der Waals surface area contributed by atoms with E-state index in [1.807, 2.05) is 0 Å². The maximum Gasteiger partial charge on any atom is 0.129 e. The summed E-state index contributed by atoms with van der Waals surface area (Å²) in [6, 6.07) is 0.841. The monoisotopic (exact) mass is 306 g/mol. The molecule has 2 aliphatic heterocycles. The Labute approximate surface area is 136 Å². The van der Waals surface area contributed by atoms with Crippen molar-refractivity contribution in [2.45, 2.75) is 65.3 Å². The van der Waals surface area contributed by atoms with E-state index in [1.165, 1.54) is 51.9 Å². The van der Waals surface area contributed by atoms with Crippen LogP contribution in [0.4, 0.5) is 0 Å². The van der Waals surface area contributed by atoms with Gasteiger partial charge in [0, 0.05) is 25.6 Å². The molecule has 3 nitrogen and oxygen atoms in total. The Morgan fingerprint density at radius 1 is 1.18 bits per heavy atom. The van der Waals surface area contributed by atoms with Gasteiger partial charge in [0.2, 0.25) is 0 Å². The maximum absolute atomic E-state index is 11.0. The summed E-state index contributed by atoms with van der Waals surface area (Å²) >= 11 is 0. The highest BCUT2D eigenvalue weighted by Gasteiger charge is 2.53. The van der Waals surface area contributed by atoms with Crippen molar-refractivity contribution >= 4 is 5.78 Å². The molecule has 0 amide bonds. The van der Waals surface area contributed by atoms with Crippen LogP contribution in [-0.2, 0) is 4.79 Å². The number of hydrogen-bond acceptors (Lipinski definition) is 3. The lowest BCUT2D eigenvalue weighted by atomic mass is 9.55. The zero-order chi connectivity index (χ0) is 15.7. The molecular weight excluding hydrogens is 272 g/mol. The second-order valence-electron chi connectivity index (χ2n) is 8.70. The number of nitrogens with zero attached hydrogens (tertiary/aromatic N) is 2. The van der Waals surface area contributed by atoms with Gasteiger partial charge in [-0.15, -0.1) is 0 Å². The lowest BCUT2D eigenvalue weighted by Gasteiger charge is -2.62. The van der Waals surface area contributed by atoms with Crippen LogP contribution >= 0.6 is 0 Å². The van der Waals surface area contributed by atoms with Gasteiger partial charge in [-0.3, -0.25) is 4.90 Å². The highest BCUT2D eigenvalue weighted by molar-refractivity contribution is 5.75. The molecule has 3 fully saturated rings. The molecule has 3 aliphatic rings. The lowest BCUT2D eigenvalue weighted by molar-refractivity contribution is -0.129. The predicted molar refractivity (Wildman–Crippen MR) is 90.9 cm³/mol. The molecule has 0 unspecified atom stereocenters. The fourth-order valence-electron chi connectivity index (χ4n) is 4.92. The average Bonchev–Trinajstić information content (AvgIpc) is 2.36. The molecular formula is C19H34N2O. The molecule has 3 heteroatoms. The fraction of sp³-hybridized carbons (Fsp3) is 0.947. The summed E-state index contributed by atoms with van der Waals surface area (Å²) < 4.78 is 0. The minimum absolute atomic E-state index is 0.334. The highest BCUT2D eigenvalue weighted by atomic mass is 16.1. The van der Waals surface area contributed by atoms with Crippen LogP contribution in [0.1, 0.15) is 59.3 Å². The number of Topliss-reactive ketones (excluding diaryl/α,β-unsaturated/α-hetero) is 1. The second kappa shape index (κ2) is 6.60. The number of ketones is 1. The molecule has 0 radical (unpaired) electrons. The molecule has 1 saturated carbocycles. The smallest absolute Gasteiger partial charge is 0.129 e. The van der Waals surface area contributed by atoms with Gasteiger partial charge in [-0.05, 0) is 75.9 Å². The second-order valence-corrected chi connectivity index (χ2v) is 8.70. The van der Waals surface area contributed by atoms with E-state index in [2.05, 4.69) is 23.6 Å². The van der Waals surface area contributed by atoms with Crippen molar-refractivity contribution < 1.29 is 4.79 Å². The van der Waals surface area contributed by atoms with Crippen LogP contribution in [0.15, 0.2) is 0 Å². The molecule has 0 aromatic rings. The van der Waals surface area contributed by atoms with Crippen molar-refractivity contribution in [2.24, 2.45) is 17.3 Å². The number of likely N-dealkylation sites (tertiary alicyclic amines) is 2. The first-order valence-electron chi connectivity index (χ1n) is 9.43. The third-order valence-electron chi connectivity index (χ3n) is 6.49. The fourth-order valence-corrected chi connectivity index (χ4v) is 4.92. The molecule has 0 atom stereocenters. The summed E-state index contributed by atoms with van der Waals surface area (Å²) in [6.45, 7) is 12.8. The molecule has 2 heterocycles. The van der Waals surface area contributed by atoms with E-state index in [0.29, 0.717) is 5.78 Å². The molecule has 1 aliphatic carbocycles. The zero-order valence-corrected chi connectivity index (χ0v) is 14.8. The summed E-state index contributed by atoms with van der Waals surface area (Å²) in [4.78, 5) is 16.3. The van der Waals surface area contributed by atoms with E-state index in [4.69, 9.17) is 0 Å². The van der Waals surface area contributed by atoms with E-state index in [-0.39, 0.29) is 0 Å². The first-order chi connectivity index (χ1) is 10.5. The number of rotatable bonds is 6. The molecule has 1 spiro atoms. The Hall–Kier alpha value is -0.410. The first-order valence-corrected chi connectivity index (χ1v) is 9.43.